The second kappa shape index (κ2) is 6.16. The minimum Gasteiger partial charge on any atom is -0.347 e. The third-order valence-electron chi connectivity index (χ3n) is 3.03. The molecule has 0 aromatic heterocycles. The summed E-state index contributed by atoms with van der Waals surface area (Å²) < 4.78 is 5.90. The van der Waals surface area contributed by atoms with Gasteiger partial charge in [-0.15, -0.1) is 0 Å². The van der Waals surface area contributed by atoms with E-state index in [9.17, 15) is 4.79 Å². The summed E-state index contributed by atoms with van der Waals surface area (Å²) in [4.78, 5) is 10.8. The Labute approximate surface area is 113 Å². The summed E-state index contributed by atoms with van der Waals surface area (Å²) >= 11 is 0. The van der Waals surface area contributed by atoms with Gasteiger partial charge in [0.2, 0.25) is 6.41 Å². The van der Waals surface area contributed by atoms with Crippen molar-refractivity contribution in [1.29, 1.82) is 0 Å². The van der Waals surface area contributed by atoms with E-state index in [1.807, 2.05) is 67.6 Å². The van der Waals surface area contributed by atoms with Gasteiger partial charge in [-0.1, -0.05) is 60.7 Å². The van der Waals surface area contributed by atoms with Crippen molar-refractivity contribution < 1.29 is 9.53 Å². The lowest BCUT2D eigenvalue weighted by Gasteiger charge is -2.29. The molecule has 0 aliphatic rings. The largest absolute Gasteiger partial charge is 0.347 e. The second-order valence-electron chi connectivity index (χ2n) is 4.44. The zero-order valence-electron chi connectivity index (χ0n) is 10.9. The van der Waals surface area contributed by atoms with Crippen LogP contribution in [-0.2, 0) is 21.9 Å². The van der Waals surface area contributed by atoms with Crippen molar-refractivity contribution in [1.82, 2.24) is 5.32 Å². The molecule has 2 aromatic carbocycles. The van der Waals surface area contributed by atoms with Crippen LogP contribution in [0.15, 0.2) is 60.7 Å². The van der Waals surface area contributed by atoms with Crippen molar-refractivity contribution in [2.45, 2.75) is 19.3 Å². The van der Waals surface area contributed by atoms with Gasteiger partial charge in [0.1, 0.15) is 0 Å². The van der Waals surface area contributed by atoms with E-state index >= 15 is 0 Å². The minimum absolute atomic E-state index is 0.438. The number of carbonyl (C=O) groups is 1. The number of rotatable bonds is 6. The molecule has 2 aromatic rings. The quantitative estimate of drug-likeness (QED) is 0.636. The Hall–Kier alpha value is -2.13. The Morgan fingerprint density at radius 2 is 1.63 bits per heavy atom. The SMILES string of the molecule is CC(NC=O)(OCc1ccccc1)c1ccccc1. The molecule has 0 heterocycles. The smallest absolute Gasteiger partial charge is 0.209 e. The highest BCUT2D eigenvalue weighted by molar-refractivity contribution is 5.48. The Morgan fingerprint density at radius 1 is 1.05 bits per heavy atom. The lowest BCUT2D eigenvalue weighted by atomic mass is 10.0. The van der Waals surface area contributed by atoms with Crippen molar-refractivity contribution >= 4 is 6.41 Å². The summed E-state index contributed by atoms with van der Waals surface area (Å²) in [5, 5.41) is 2.74. The third kappa shape index (κ3) is 3.42. The molecule has 98 valence electrons. The Kier molecular flexibility index (Phi) is 4.31. The first-order chi connectivity index (χ1) is 9.24. The summed E-state index contributed by atoms with van der Waals surface area (Å²) in [5.41, 5.74) is 1.16. The van der Waals surface area contributed by atoms with Gasteiger partial charge >= 0.3 is 0 Å². The molecular weight excluding hydrogens is 238 g/mol. The Morgan fingerprint density at radius 3 is 2.21 bits per heavy atom. The molecule has 1 atom stereocenters. The molecule has 0 bridgehead atoms. The fourth-order valence-corrected chi connectivity index (χ4v) is 1.88. The number of ether oxygens (including phenoxy) is 1. The van der Waals surface area contributed by atoms with Crippen LogP contribution in [0.1, 0.15) is 18.1 Å². The summed E-state index contributed by atoms with van der Waals surface area (Å²) in [6.45, 7) is 2.28. The van der Waals surface area contributed by atoms with Crippen LogP contribution in [0.5, 0.6) is 0 Å². The molecular formula is C16H17NO2. The van der Waals surface area contributed by atoms with Crippen molar-refractivity contribution in [3.63, 3.8) is 0 Å². The molecule has 0 saturated carbocycles. The molecule has 1 N–H and O–H groups in total. The molecule has 0 fully saturated rings. The van der Waals surface area contributed by atoms with Gasteiger partial charge in [0, 0.05) is 5.56 Å². The van der Waals surface area contributed by atoms with Crippen molar-refractivity contribution in [3.8, 4) is 0 Å². The van der Waals surface area contributed by atoms with Crippen LogP contribution in [0, 0.1) is 0 Å². The highest BCUT2D eigenvalue weighted by Gasteiger charge is 2.26. The van der Waals surface area contributed by atoms with Crippen LogP contribution in [0.4, 0.5) is 0 Å². The van der Waals surface area contributed by atoms with E-state index in [1.54, 1.807) is 0 Å². The van der Waals surface area contributed by atoms with Gasteiger partial charge in [0.15, 0.2) is 5.72 Å². The lowest BCUT2D eigenvalue weighted by molar-refractivity contribution is -0.123. The van der Waals surface area contributed by atoms with Gasteiger partial charge < -0.3 is 10.1 Å². The van der Waals surface area contributed by atoms with E-state index in [-0.39, 0.29) is 0 Å². The van der Waals surface area contributed by atoms with E-state index in [4.69, 9.17) is 4.74 Å². The number of hydrogen-bond donors (Lipinski definition) is 1. The Balaban J connectivity index is 2.14. The fraction of sp³-hybridized carbons (Fsp3) is 0.188. The van der Waals surface area contributed by atoms with E-state index in [1.165, 1.54) is 0 Å². The average Bonchev–Trinajstić information content (AvgIpc) is 2.48. The average molecular weight is 255 g/mol. The van der Waals surface area contributed by atoms with E-state index < -0.39 is 5.72 Å². The summed E-state index contributed by atoms with van der Waals surface area (Å²) in [7, 11) is 0. The molecule has 0 aliphatic carbocycles. The van der Waals surface area contributed by atoms with Gasteiger partial charge in [-0.05, 0) is 12.5 Å². The predicted molar refractivity (Wildman–Crippen MR) is 74.2 cm³/mol. The molecule has 19 heavy (non-hydrogen) atoms. The molecule has 0 radical (unpaired) electrons. The summed E-state index contributed by atoms with van der Waals surface area (Å²) in [6, 6.07) is 19.5. The van der Waals surface area contributed by atoms with Crippen LogP contribution in [0.3, 0.4) is 0 Å². The maximum absolute atomic E-state index is 10.8. The molecule has 0 saturated heterocycles. The standard InChI is InChI=1S/C16H17NO2/c1-16(17-13-18,15-10-6-3-7-11-15)19-12-14-8-4-2-5-9-14/h2-11,13H,12H2,1H3,(H,17,18). The maximum atomic E-state index is 10.8. The van der Waals surface area contributed by atoms with Gasteiger partial charge in [-0.25, -0.2) is 0 Å². The Bertz CT molecular complexity index is 513. The topological polar surface area (TPSA) is 38.3 Å². The number of nitrogens with one attached hydrogen (secondary N) is 1. The first-order valence-corrected chi connectivity index (χ1v) is 6.19. The van der Waals surface area contributed by atoms with E-state index in [0.29, 0.717) is 13.0 Å². The van der Waals surface area contributed by atoms with Gasteiger partial charge in [-0.3, -0.25) is 4.79 Å². The van der Waals surface area contributed by atoms with Gasteiger partial charge in [0.05, 0.1) is 6.61 Å². The van der Waals surface area contributed by atoms with Crippen molar-refractivity contribution in [2.75, 3.05) is 0 Å². The fourth-order valence-electron chi connectivity index (χ4n) is 1.88. The molecule has 0 spiro atoms. The molecule has 2 rings (SSSR count). The first-order valence-electron chi connectivity index (χ1n) is 6.19. The molecule has 3 heteroatoms. The lowest BCUT2D eigenvalue weighted by Crippen LogP contribution is -2.41. The van der Waals surface area contributed by atoms with Gasteiger partial charge in [0.25, 0.3) is 0 Å². The van der Waals surface area contributed by atoms with Crippen LogP contribution in [0.2, 0.25) is 0 Å². The predicted octanol–water partition coefficient (Wildman–Crippen LogP) is 2.82. The van der Waals surface area contributed by atoms with E-state index in [2.05, 4.69) is 5.32 Å². The number of hydrogen-bond acceptors (Lipinski definition) is 2. The number of carbonyl (C=O) groups excluding carboxylic acids is 1. The maximum Gasteiger partial charge on any atom is 0.209 e. The summed E-state index contributed by atoms with van der Waals surface area (Å²) in [6.07, 6.45) is 0.665. The van der Waals surface area contributed by atoms with Crippen LogP contribution < -0.4 is 5.32 Å². The normalized spacial score (nSPS) is 13.5. The van der Waals surface area contributed by atoms with Crippen LogP contribution in [-0.4, -0.2) is 6.41 Å². The summed E-state index contributed by atoms with van der Waals surface area (Å²) in [5.74, 6) is 0. The highest BCUT2D eigenvalue weighted by atomic mass is 16.5. The minimum atomic E-state index is -0.821. The van der Waals surface area contributed by atoms with Crippen molar-refractivity contribution in [2.24, 2.45) is 0 Å². The second-order valence-corrected chi connectivity index (χ2v) is 4.44. The van der Waals surface area contributed by atoms with Crippen molar-refractivity contribution in [3.05, 3.63) is 71.8 Å². The zero-order valence-corrected chi connectivity index (χ0v) is 10.9. The van der Waals surface area contributed by atoms with Gasteiger partial charge in [-0.2, -0.15) is 0 Å². The third-order valence-corrected chi connectivity index (χ3v) is 3.03. The highest BCUT2D eigenvalue weighted by Crippen LogP contribution is 2.23. The number of benzene rings is 2. The molecule has 1 amide bonds. The van der Waals surface area contributed by atoms with Crippen LogP contribution >= 0.6 is 0 Å². The number of amides is 1. The molecule has 0 aliphatic heterocycles. The molecule has 1 unspecified atom stereocenters. The zero-order chi connectivity index (χ0) is 13.6. The first kappa shape index (κ1) is 13.3. The molecule has 3 nitrogen and oxygen atoms in total. The monoisotopic (exact) mass is 255 g/mol. The van der Waals surface area contributed by atoms with E-state index in [0.717, 1.165) is 11.1 Å². The van der Waals surface area contributed by atoms with Crippen LogP contribution in [0.25, 0.3) is 0 Å².